The van der Waals surface area contributed by atoms with Crippen LogP contribution >= 0.6 is 0 Å². The standard InChI is InChI=1S/C18H19N3/c1-3-13-5-2-9-20-18(13)15(4-1)12-21-16-6-7-17-14(11-16)8-10-19-17/h1,3-4,6-8,10-11,19-21H,2,5,9,12H2. The Bertz CT molecular complexity index is 773. The molecule has 106 valence electrons. The Kier molecular flexibility index (Phi) is 3.03. The third-order valence-corrected chi connectivity index (χ3v) is 4.20. The Morgan fingerprint density at radius 2 is 2.10 bits per heavy atom. The van der Waals surface area contributed by atoms with E-state index in [4.69, 9.17) is 0 Å². The second kappa shape index (κ2) is 5.17. The second-order valence-electron chi connectivity index (χ2n) is 5.61. The molecule has 3 aromatic rings. The summed E-state index contributed by atoms with van der Waals surface area (Å²) in [6, 6.07) is 15.1. The van der Waals surface area contributed by atoms with Crippen LogP contribution in [-0.2, 0) is 13.0 Å². The highest BCUT2D eigenvalue weighted by molar-refractivity contribution is 5.83. The van der Waals surface area contributed by atoms with Crippen molar-refractivity contribution < 1.29 is 0 Å². The quantitative estimate of drug-likeness (QED) is 0.673. The third kappa shape index (κ3) is 2.35. The van der Waals surface area contributed by atoms with Crippen LogP contribution in [0.15, 0.2) is 48.7 Å². The van der Waals surface area contributed by atoms with Crippen molar-refractivity contribution in [3.63, 3.8) is 0 Å². The number of H-pyrrole nitrogens is 1. The number of hydrogen-bond donors (Lipinski definition) is 3. The van der Waals surface area contributed by atoms with E-state index in [1.54, 1.807) is 0 Å². The van der Waals surface area contributed by atoms with Crippen LogP contribution in [0.4, 0.5) is 11.4 Å². The first-order valence-electron chi connectivity index (χ1n) is 7.56. The Labute approximate surface area is 124 Å². The zero-order valence-electron chi connectivity index (χ0n) is 11.9. The minimum Gasteiger partial charge on any atom is -0.385 e. The Balaban J connectivity index is 1.56. The average Bonchev–Trinajstić information content (AvgIpc) is 3.00. The van der Waals surface area contributed by atoms with E-state index in [9.17, 15) is 0 Å². The molecule has 0 amide bonds. The molecular formula is C18H19N3. The van der Waals surface area contributed by atoms with Gasteiger partial charge in [0.2, 0.25) is 0 Å². The minimum absolute atomic E-state index is 0.853. The molecular weight excluding hydrogens is 258 g/mol. The molecule has 2 aromatic carbocycles. The molecule has 0 saturated heterocycles. The fourth-order valence-electron chi connectivity index (χ4n) is 3.09. The second-order valence-corrected chi connectivity index (χ2v) is 5.61. The van der Waals surface area contributed by atoms with Gasteiger partial charge < -0.3 is 15.6 Å². The summed E-state index contributed by atoms with van der Waals surface area (Å²) in [6.45, 7) is 1.94. The Hall–Kier alpha value is -2.42. The number of benzene rings is 2. The van der Waals surface area contributed by atoms with E-state index >= 15 is 0 Å². The summed E-state index contributed by atoms with van der Waals surface area (Å²) in [5.41, 5.74) is 6.47. The van der Waals surface area contributed by atoms with Crippen molar-refractivity contribution in [1.82, 2.24) is 4.98 Å². The fraction of sp³-hybridized carbons (Fsp3) is 0.222. The molecule has 0 bridgehead atoms. The number of para-hydroxylation sites is 1. The number of nitrogens with one attached hydrogen (secondary N) is 3. The van der Waals surface area contributed by atoms with E-state index in [1.165, 1.54) is 40.6 Å². The molecule has 21 heavy (non-hydrogen) atoms. The van der Waals surface area contributed by atoms with Crippen LogP contribution in [0.3, 0.4) is 0 Å². The number of rotatable bonds is 3. The minimum atomic E-state index is 0.853. The van der Waals surface area contributed by atoms with Crippen molar-refractivity contribution in [2.45, 2.75) is 19.4 Å². The van der Waals surface area contributed by atoms with E-state index in [0.29, 0.717) is 0 Å². The Morgan fingerprint density at radius 3 is 3.10 bits per heavy atom. The van der Waals surface area contributed by atoms with Gasteiger partial charge in [0.25, 0.3) is 0 Å². The number of fused-ring (bicyclic) bond motifs is 2. The van der Waals surface area contributed by atoms with Gasteiger partial charge in [-0.15, -0.1) is 0 Å². The van der Waals surface area contributed by atoms with Crippen molar-refractivity contribution in [1.29, 1.82) is 0 Å². The number of aromatic amines is 1. The molecule has 0 saturated carbocycles. The van der Waals surface area contributed by atoms with Gasteiger partial charge in [-0.2, -0.15) is 0 Å². The highest BCUT2D eigenvalue weighted by atomic mass is 14.9. The van der Waals surface area contributed by atoms with Gasteiger partial charge in [0.05, 0.1) is 0 Å². The first-order chi connectivity index (χ1) is 10.4. The number of aryl methyl sites for hydroxylation is 1. The Morgan fingerprint density at radius 1 is 1.10 bits per heavy atom. The first-order valence-corrected chi connectivity index (χ1v) is 7.56. The summed E-state index contributed by atoms with van der Waals surface area (Å²) < 4.78 is 0. The van der Waals surface area contributed by atoms with Crippen LogP contribution in [0.5, 0.6) is 0 Å². The zero-order chi connectivity index (χ0) is 14.1. The van der Waals surface area contributed by atoms with E-state index in [0.717, 1.165) is 18.8 Å². The fourth-order valence-corrected chi connectivity index (χ4v) is 3.09. The summed E-state index contributed by atoms with van der Waals surface area (Å²) in [5, 5.41) is 8.33. The van der Waals surface area contributed by atoms with Gasteiger partial charge in [-0.3, -0.25) is 0 Å². The number of anilines is 2. The van der Waals surface area contributed by atoms with Crippen molar-refractivity contribution in [3.8, 4) is 0 Å². The summed E-state index contributed by atoms with van der Waals surface area (Å²) in [5.74, 6) is 0. The summed E-state index contributed by atoms with van der Waals surface area (Å²) in [7, 11) is 0. The molecule has 2 heterocycles. The summed E-state index contributed by atoms with van der Waals surface area (Å²) in [6.07, 6.45) is 4.39. The van der Waals surface area contributed by atoms with Gasteiger partial charge >= 0.3 is 0 Å². The lowest BCUT2D eigenvalue weighted by atomic mass is 9.99. The molecule has 0 aliphatic carbocycles. The van der Waals surface area contributed by atoms with Gasteiger partial charge in [0.15, 0.2) is 0 Å². The molecule has 3 N–H and O–H groups in total. The van der Waals surface area contributed by atoms with Crippen LogP contribution in [0.2, 0.25) is 0 Å². The zero-order valence-corrected chi connectivity index (χ0v) is 11.9. The van der Waals surface area contributed by atoms with Crippen molar-refractivity contribution >= 4 is 22.3 Å². The predicted molar refractivity (Wildman–Crippen MR) is 88.9 cm³/mol. The van der Waals surface area contributed by atoms with Crippen molar-refractivity contribution in [2.24, 2.45) is 0 Å². The number of aromatic nitrogens is 1. The lowest BCUT2D eigenvalue weighted by Gasteiger charge is -2.21. The average molecular weight is 277 g/mol. The molecule has 0 atom stereocenters. The largest absolute Gasteiger partial charge is 0.385 e. The summed E-state index contributed by atoms with van der Waals surface area (Å²) in [4.78, 5) is 3.22. The lowest BCUT2D eigenvalue weighted by molar-refractivity contribution is 0.825. The SMILES string of the molecule is c1cc2c(c(CNc3ccc4[nH]ccc4c3)c1)NCCC2. The molecule has 0 spiro atoms. The van der Waals surface area contributed by atoms with E-state index in [2.05, 4.69) is 58.1 Å². The smallest absolute Gasteiger partial charge is 0.0455 e. The van der Waals surface area contributed by atoms with Gasteiger partial charge in [0.1, 0.15) is 0 Å². The summed E-state index contributed by atoms with van der Waals surface area (Å²) >= 11 is 0. The monoisotopic (exact) mass is 277 g/mol. The molecule has 4 rings (SSSR count). The van der Waals surface area contributed by atoms with Crippen LogP contribution < -0.4 is 10.6 Å². The third-order valence-electron chi connectivity index (χ3n) is 4.20. The van der Waals surface area contributed by atoms with Crippen LogP contribution in [0.1, 0.15) is 17.5 Å². The molecule has 0 radical (unpaired) electrons. The highest BCUT2D eigenvalue weighted by Crippen LogP contribution is 2.27. The van der Waals surface area contributed by atoms with Crippen LogP contribution in [-0.4, -0.2) is 11.5 Å². The van der Waals surface area contributed by atoms with E-state index < -0.39 is 0 Å². The molecule has 0 unspecified atom stereocenters. The maximum absolute atomic E-state index is 3.55. The molecule has 1 aliphatic heterocycles. The molecule has 1 aliphatic rings. The predicted octanol–water partition coefficient (Wildman–Crippen LogP) is 4.14. The van der Waals surface area contributed by atoms with Crippen LogP contribution in [0, 0.1) is 0 Å². The molecule has 0 fully saturated rings. The molecule has 1 aromatic heterocycles. The molecule has 3 nitrogen and oxygen atoms in total. The van der Waals surface area contributed by atoms with Crippen molar-refractivity contribution in [3.05, 3.63) is 59.8 Å². The topological polar surface area (TPSA) is 39.9 Å². The highest BCUT2D eigenvalue weighted by Gasteiger charge is 2.11. The first kappa shape index (κ1) is 12.3. The van der Waals surface area contributed by atoms with Gasteiger partial charge in [-0.05, 0) is 48.2 Å². The van der Waals surface area contributed by atoms with E-state index in [1.807, 2.05) is 6.20 Å². The normalized spacial score (nSPS) is 13.7. The molecule has 3 heteroatoms. The van der Waals surface area contributed by atoms with Crippen LogP contribution in [0.25, 0.3) is 10.9 Å². The van der Waals surface area contributed by atoms with Gasteiger partial charge in [-0.1, -0.05) is 18.2 Å². The van der Waals surface area contributed by atoms with Gasteiger partial charge in [0, 0.05) is 41.6 Å². The van der Waals surface area contributed by atoms with E-state index in [-0.39, 0.29) is 0 Å². The van der Waals surface area contributed by atoms with Gasteiger partial charge in [-0.25, -0.2) is 0 Å². The maximum atomic E-state index is 3.55. The lowest BCUT2D eigenvalue weighted by Crippen LogP contribution is -2.14. The van der Waals surface area contributed by atoms with Crippen molar-refractivity contribution in [2.75, 3.05) is 17.2 Å². The maximum Gasteiger partial charge on any atom is 0.0455 e. The number of hydrogen-bond acceptors (Lipinski definition) is 2.